The Morgan fingerprint density at radius 1 is 1.26 bits per heavy atom. The molecule has 0 radical (unpaired) electrons. The van der Waals surface area contributed by atoms with Crippen LogP contribution in [0.2, 0.25) is 0 Å². The molecule has 0 saturated carbocycles. The maximum absolute atomic E-state index is 13.4. The van der Waals surface area contributed by atoms with Crippen molar-refractivity contribution in [2.45, 2.75) is 26.6 Å². The maximum Gasteiger partial charge on any atom is 0.417 e. The highest BCUT2D eigenvalue weighted by molar-refractivity contribution is 6.09. The van der Waals surface area contributed by atoms with Gasteiger partial charge >= 0.3 is 6.18 Å². The monoisotopic (exact) mass is 320 g/mol. The van der Waals surface area contributed by atoms with Gasteiger partial charge in [0.25, 0.3) is 0 Å². The predicted molar refractivity (Wildman–Crippen MR) is 84.7 cm³/mol. The molecule has 0 atom stereocenters. The van der Waals surface area contributed by atoms with Crippen LogP contribution in [0.1, 0.15) is 16.8 Å². The lowest BCUT2D eigenvalue weighted by Gasteiger charge is -2.12. The molecule has 3 rings (SSSR count). The Hall–Kier alpha value is -2.50. The summed E-state index contributed by atoms with van der Waals surface area (Å²) < 4.78 is 42.2. The number of hydrogen-bond donors (Lipinski definition) is 1. The minimum atomic E-state index is -4.60. The zero-order chi connectivity index (χ0) is 16.9. The van der Waals surface area contributed by atoms with Gasteiger partial charge in [0.05, 0.1) is 5.56 Å². The number of H-pyrrole nitrogens is 1. The molecule has 0 aliphatic rings. The van der Waals surface area contributed by atoms with Crippen LogP contribution >= 0.6 is 0 Å². The Kier molecular flexibility index (Phi) is 3.35. The van der Waals surface area contributed by atoms with Crippen molar-refractivity contribution in [2.24, 2.45) is 0 Å². The molecule has 3 nitrogen and oxygen atoms in total. The highest BCUT2D eigenvalue weighted by Crippen LogP contribution is 2.39. The number of hydrogen-bond acceptors (Lipinski definition) is 1. The average Bonchev–Trinajstić information content (AvgIpc) is 2.71. The van der Waals surface area contributed by atoms with E-state index in [4.69, 9.17) is 0 Å². The van der Waals surface area contributed by atoms with Gasteiger partial charge in [0.15, 0.2) is 0 Å². The van der Waals surface area contributed by atoms with E-state index in [1.165, 1.54) is 6.07 Å². The second-order valence-electron chi connectivity index (χ2n) is 5.54. The number of rotatable bonds is 2. The van der Waals surface area contributed by atoms with Gasteiger partial charge in [0.1, 0.15) is 0 Å². The Morgan fingerprint density at radius 2 is 1.96 bits per heavy atom. The molecular weight excluding hydrogens is 305 g/mol. The summed E-state index contributed by atoms with van der Waals surface area (Å²) in [7, 11) is 0. The molecule has 23 heavy (non-hydrogen) atoms. The summed E-state index contributed by atoms with van der Waals surface area (Å²) in [6.45, 7) is 7.86. The fourth-order valence-electron chi connectivity index (χ4n) is 3.10. The van der Waals surface area contributed by atoms with Crippen molar-refractivity contribution in [3.63, 3.8) is 0 Å². The topological polar surface area (TPSA) is 37.8 Å². The van der Waals surface area contributed by atoms with E-state index >= 15 is 0 Å². The molecule has 6 heteroatoms. The van der Waals surface area contributed by atoms with Crippen molar-refractivity contribution in [3.8, 4) is 0 Å². The molecule has 2 heterocycles. The van der Waals surface area contributed by atoms with Crippen LogP contribution in [0.15, 0.2) is 35.6 Å². The van der Waals surface area contributed by atoms with E-state index in [9.17, 15) is 18.0 Å². The first-order chi connectivity index (χ1) is 10.8. The minimum Gasteiger partial charge on any atom is -0.341 e. The number of aryl methyl sites for hydroxylation is 1. The third kappa shape index (κ3) is 2.25. The first-order valence-electron chi connectivity index (χ1n) is 7.09. The lowest BCUT2D eigenvalue weighted by Crippen LogP contribution is -2.14. The molecule has 120 valence electrons. The lowest BCUT2D eigenvalue weighted by molar-refractivity contribution is -0.136. The summed E-state index contributed by atoms with van der Waals surface area (Å²) in [4.78, 5) is 14.1. The number of nitrogens with one attached hydrogen (secondary N) is 1. The summed E-state index contributed by atoms with van der Waals surface area (Å²) in [5.41, 5.74) is 0.877. The number of nitrogens with zero attached hydrogens (tertiary/aromatic N) is 1. The van der Waals surface area contributed by atoms with Crippen LogP contribution in [0.25, 0.3) is 21.8 Å². The van der Waals surface area contributed by atoms with Gasteiger partial charge in [-0.15, -0.1) is 6.58 Å². The zero-order valence-electron chi connectivity index (χ0n) is 12.7. The van der Waals surface area contributed by atoms with E-state index in [1.807, 2.05) is 11.5 Å². The number of fused-ring (bicyclic) bond motifs is 3. The number of aromatic nitrogens is 2. The number of alkyl halides is 3. The van der Waals surface area contributed by atoms with Crippen molar-refractivity contribution in [1.29, 1.82) is 0 Å². The lowest BCUT2D eigenvalue weighted by atomic mass is 10.0. The largest absolute Gasteiger partial charge is 0.417 e. The van der Waals surface area contributed by atoms with Gasteiger partial charge in [-0.2, -0.15) is 13.2 Å². The molecular formula is C17H15F3N2O. The van der Waals surface area contributed by atoms with E-state index in [0.717, 1.165) is 11.3 Å². The third-order valence-electron chi connectivity index (χ3n) is 4.22. The Labute approximate surface area is 130 Å². The first-order valence-corrected chi connectivity index (χ1v) is 7.09. The van der Waals surface area contributed by atoms with Crippen LogP contribution in [-0.2, 0) is 12.7 Å². The van der Waals surface area contributed by atoms with Crippen LogP contribution in [0.3, 0.4) is 0 Å². The quantitative estimate of drug-likeness (QED) is 0.702. The van der Waals surface area contributed by atoms with Crippen molar-refractivity contribution in [3.05, 3.63) is 58.0 Å². The molecule has 0 amide bonds. The number of aromatic amines is 1. The maximum atomic E-state index is 13.4. The predicted octanol–water partition coefficient (Wildman–Crippen LogP) is 4.30. The van der Waals surface area contributed by atoms with E-state index in [0.29, 0.717) is 23.5 Å². The number of allylic oxidation sites excluding steroid dienone is 1. The van der Waals surface area contributed by atoms with E-state index in [2.05, 4.69) is 11.6 Å². The van der Waals surface area contributed by atoms with Gasteiger partial charge < -0.3 is 9.55 Å². The molecule has 0 unspecified atom stereocenters. The summed E-state index contributed by atoms with van der Waals surface area (Å²) in [5, 5.41) is 0.559. The van der Waals surface area contributed by atoms with Gasteiger partial charge in [-0.3, -0.25) is 4.79 Å². The minimum absolute atomic E-state index is 0.0398. The van der Waals surface area contributed by atoms with Gasteiger partial charge in [-0.05, 0) is 31.5 Å². The Morgan fingerprint density at radius 3 is 2.57 bits per heavy atom. The summed E-state index contributed by atoms with van der Waals surface area (Å²) in [6.07, 6.45) is -2.89. The first kappa shape index (κ1) is 15.4. The molecule has 0 aliphatic heterocycles. The highest BCUT2D eigenvalue weighted by Gasteiger charge is 2.34. The molecule has 0 bridgehead atoms. The van der Waals surface area contributed by atoms with Crippen molar-refractivity contribution >= 4 is 21.8 Å². The van der Waals surface area contributed by atoms with Crippen molar-refractivity contribution < 1.29 is 13.2 Å². The summed E-state index contributed by atoms with van der Waals surface area (Å²) in [6, 6.07) is 3.88. The number of benzene rings is 1. The standard InChI is InChI=1S/C17H15F3N2O/c1-4-7-22-10(3)9(2)15-13(22)6-5-12-16(15)11(17(18,19)20)8-14(23)21-12/h4-6,8H,1,7H2,2-3H3,(H,21,23). The van der Waals surface area contributed by atoms with Gasteiger partial charge in [-0.25, -0.2) is 0 Å². The molecule has 1 aromatic carbocycles. The average molecular weight is 320 g/mol. The molecule has 0 saturated heterocycles. The fraction of sp³-hybridized carbons (Fsp3) is 0.235. The van der Waals surface area contributed by atoms with Crippen molar-refractivity contribution in [2.75, 3.05) is 0 Å². The number of pyridine rings is 1. The van der Waals surface area contributed by atoms with Gasteiger partial charge in [0, 0.05) is 40.1 Å². The SMILES string of the molecule is C=CCn1c(C)c(C)c2c3c(C(F)(F)F)cc(=O)[nH]c3ccc21. The highest BCUT2D eigenvalue weighted by atomic mass is 19.4. The van der Waals surface area contributed by atoms with Crippen molar-refractivity contribution in [1.82, 2.24) is 9.55 Å². The second-order valence-corrected chi connectivity index (χ2v) is 5.54. The van der Waals surface area contributed by atoms with Crippen LogP contribution in [0, 0.1) is 13.8 Å². The smallest absolute Gasteiger partial charge is 0.341 e. The van der Waals surface area contributed by atoms with Gasteiger partial charge in [0.2, 0.25) is 5.56 Å². The van der Waals surface area contributed by atoms with Crippen LogP contribution in [0.4, 0.5) is 13.2 Å². The van der Waals surface area contributed by atoms with E-state index in [-0.39, 0.29) is 10.9 Å². The van der Waals surface area contributed by atoms with Crippen LogP contribution in [-0.4, -0.2) is 9.55 Å². The second kappa shape index (κ2) is 5.01. The number of halogens is 3. The molecule has 3 aromatic rings. The normalized spacial score (nSPS) is 12.2. The molecule has 0 fully saturated rings. The van der Waals surface area contributed by atoms with E-state index in [1.54, 1.807) is 19.1 Å². The summed E-state index contributed by atoms with van der Waals surface area (Å²) >= 11 is 0. The van der Waals surface area contributed by atoms with E-state index < -0.39 is 17.3 Å². The molecule has 2 aromatic heterocycles. The zero-order valence-corrected chi connectivity index (χ0v) is 12.7. The Balaban J connectivity index is 2.60. The van der Waals surface area contributed by atoms with Gasteiger partial charge in [-0.1, -0.05) is 6.08 Å². The summed E-state index contributed by atoms with van der Waals surface area (Å²) in [5.74, 6) is 0. The Bertz CT molecular complexity index is 993. The third-order valence-corrected chi connectivity index (χ3v) is 4.22. The van der Waals surface area contributed by atoms with Crippen LogP contribution < -0.4 is 5.56 Å². The molecule has 0 aliphatic carbocycles. The fourth-order valence-corrected chi connectivity index (χ4v) is 3.10. The molecule has 0 spiro atoms. The van der Waals surface area contributed by atoms with Crippen LogP contribution in [0.5, 0.6) is 0 Å². The molecule has 1 N–H and O–H groups in total.